The molecule has 0 unspecified atom stereocenters. The monoisotopic (exact) mass is 310 g/mol. The van der Waals surface area contributed by atoms with E-state index in [0.29, 0.717) is 12.2 Å². The van der Waals surface area contributed by atoms with Gasteiger partial charge in [0.1, 0.15) is 5.52 Å². The Bertz CT molecular complexity index is 879. The molecule has 5 heteroatoms. The maximum atomic E-state index is 10.7. The van der Waals surface area contributed by atoms with Gasteiger partial charge in [-0.25, -0.2) is 4.98 Å². The summed E-state index contributed by atoms with van der Waals surface area (Å²) in [4.78, 5) is 4.49. The first-order chi connectivity index (χ1) is 11.1. The molecular formula is C18H22N4O. The maximum Gasteiger partial charge on any atom is 0.152 e. The van der Waals surface area contributed by atoms with Gasteiger partial charge in [-0.2, -0.15) is 5.10 Å². The van der Waals surface area contributed by atoms with E-state index in [0.717, 1.165) is 59.7 Å². The Morgan fingerprint density at radius 1 is 1.30 bits per heavy atom. The second-order valence-corrected chi connectivity index (χ2v) is 6.66. The lowest BCUT2D eigenvalue weighted by Crippen LogP contribution is -2.39. The van der Waals surface area contributed by atoms with Crippen molar-refractivity contribution >= 4 is 27.6 Å². The van der Waals surface area contributed by atoms with Crippen LogP contribution in [0.2, 0.25) is 0 Å². The lowest BCUT2D eigenvalue weighted by molar-refractivity contribution is -0.0335. The van der Waals surface area contributed by atoms with E-state index in [1.165, 1.54) is 0 Å². The highest BCUT2D eigenvalue weighted by Crippen LogP contribution is 2.38. The molecule has 1 aliphatic rings. The third kappa shape index (κ3) is 2.27. The summed E-state index contributed by atoms with van der Waals surface area (Å²) in [5.74, 6) is 0.468. The number of benzene rings is 1. The Balaban J connectivity index is 2.01. The van der Waals surface area contributed by atoms with Crippen LogP contribution >= 0.6 is 0 Å². The molecule has 1 saturated carbocycles. The van der Waals surface area contributed by atoms with E-state index < -0.39 is 5.60 Å². The van der Waals surface area contributed by atoms with Gasteiger partial charge < -0.3 is 10.8 Å². The largest absolute Gasteiger partial charge is 0.389 e. The van der Waals surface area contributed by atoms with E-state index >= 15 is 0 Å². The average Bonchev–Trinajstić information content (AvgIpc) is 2.86. The molecule has 23 heavy (non-hydrogen) atoms. The minimum Gasteiger partial charge on any atom is -0.389 e. The molecule has 1 aromatic carbocycles. The summed E-state index contributed by atoms with van der Waals surface area (Å²) in [6, 6.07) is 8.02. The van der Waals surface area contributed by atoms with Crippen molar-refractivity contribution in [2.24, 2.45) is 0 Å². The van der Waals surface area contributed by atoms with Crippen molar-refractivity contribution < 1.29 is 5.11 Å². The fourth-order valence-electron chi connectivity index (χ4n) is 3.57. The van der Waals surface area contributed by atoms with Crippen molar-refractivity contribution in [3.05, 3.63) is 30.0 Å². The van der Waals surface area contributed by atoms with Crippen LogP contribution in [0.1, 0.15) is 38.3 Å². The highest BCUT2D eigenvalue weighted by atomic mass is 16.3. The summed E-state index contributed by atoms with van der Waals surface area (Å²) in [7, 11) is 0. The number of pyridine rings is 1. The summed E-state index contributed by atoms with van der Waals surface area (Å²) < 4.78 is 2.02. The van der Waals surface area contributed by atoms with E-state index in [-0.39, 0.29) is 0 Å². The van der Waals surface area contributed by atoms with Crippen LogP contribution in [0.15, 0.2) is 24.3 Å². The summed E-state index contributed by atoms with van der Waals surface area (Å²) in [6.45, 7) is 2.96. The van der Waals surface area contributed by atoms with Gasteiger partial charge in [0, 0.05) is 29.4 Å². The van der Waals surface area contributed by atoms with Crippen LogP contribution in [-0.4, -0.2) is 25.5 Å². The van der Waals surface area contributed by atoms with E-state index in [1.54, 1.807) is 0 Å². The Hall–Kier alpha value is -2.14. The minimum atomic E-state index is -0.586. The van der Waals surface area contributed by atoms with Crippen LogP contribution in [0, 0.1) is 0 Å². The summed E-state index contributed by atoms with van der Waals surface area (Å²) >= 11 is 0. The van der Waals surface area contributed by atoms with Gasteiger partial charge in [-0.05, 0) is 31.7 Å². The number of hydrogen-bond donors (Lipinski definition) is 2. The van der Waals surface area contributed by atoms with E-state index in [9.17, 15) is 5.11 Å². The molecule has 0 saturated heterocycles. The predicted molar refractivity (Wildman–Crippen MR) is 92.2 cm³/mol. The lowest BCUT2D eigenvalue weighted by atomic mass is 9.76. The number of nitrogen functional groups attached to an aromatic ring is 1. The number of anilines is 1. The number of rotatable bonds is 4. The zero-order valence-corrected chi connectivity index (χ0v) is 13.4. The normalized spacial score (nSPS) is 16.8. The minimum absolute atomic E-state index is 0.468. The van der Waals surface area contributed by atoms with Crippen LogP contribution in [-0.2, 0) is 13.0 Å². The Kier molecular flexibility index (Phi) is 3.27. The van der Waals surface area contributed by atoms with Gasteiger partial charge in [-0.1, -0.05) is 25.1 Å². The average molecular weight is 310 g/mol. The Morgan fingerprint density at radius 2 is 2.09 bits per heavy atom. The molecule has 5 nitrogen and oxygen atoms in total. The van der Waals surface area contributed by atoms with Gasteiger partial charge in [-0.3, -0.25) is 4.68 Å². The fourth-order valence-corrected chi connectivity index (χ4v) is 3.57. The van der Waals surface area contributed by atoms with Crippen molar-refractivity contribution in [2.75, 3.05) is 5.73 Å². The number of hydrogen-bond acceptors (Lipinski definition) is 4. The second kappa shape index (κ2) is 5.20. The molecule has 0 spiro atoms. The standard InChI is InChI=1S/C18H22N4O/c1-2-10-22-14(11-18(23)8-5-9-18)15-12-6-3-4-7-13(12)20-17(19)16(15)21-22/h3-4,6-7,23H,2,5,8-11H2,1H3,(H2,19,20). The first-order valence-corrected chi connectivity index (χ1v) is 8.37. The van der Waals surface area contributed by atoms with Gasteiger partial charge >= 0.3 is 0 Å². The molecule has 3 aromatic rings. The van der Waals surface area contributed by atoms with Crippen molar-refractivity contribution in [1.29, 1.82) is 0 Å². The predicted octanol–water partition coefficient (Wildman–Crippen LogP) is 3.03. The number of aromatic nitrogens is 3. The number of nitrogens with zero attached hydrogens (tertiary/aromatic N) is 3. The highest BCUT2D eigenvalue weighted by Gasteiger charge is 2.36. The van der Waals surface area contributed by atoms with E-state index in [1.807, 2.05) is 22.9 Å². The van der Waals surface area contributed by atoms with Crippen LogP contribution in [0.4, 0.5) is 5.82 Å². The van der Waals surface area contributed by atoms with E-state index in [4.69, 9.17) is 10.8 Å². The highest BCUT2D eigenvalue weighted by molar-refractivity contribution is 6.09. The number of para-hydroxylation sites is 1. The molecular weight excluding hydrogens is 288 g/mol. The van der Waals surface area contributed by atoms with Crippen LogP contribution in [0.3, 0.4) is 0 Å². The number of nitrogens with two attached hydrogens (primary N) is 1. The Morgan fingerprint density at radius 3 is 2.78 bits per heavy atom. The van der Waals surface area contributed by atoms with Crippen LogP contribution in [0.5, 0.6) is 0 Å². The zero-order valence-electron chi connectivity index (χ0n) is 13.4. The van der Waals surface area contributed by atoms with Gasteiger partial charge in [0.05, 0.1) is 11.1 Å². The summed E-state index contributed by atoms with van der Waals surface area (Å²) in [5.41, 5.74) is 8.31. The molecule has 2 aromatic heterocycles. The fraction of sp³-hybridized carbons (Fsp3) is 0.444. The molecule has 120 valence electrons. The van der Waals surface area contributed by atoms with Crippen molar-refractivity contribution in [1.82, 2.24) is 14.8 Å². The number of aryl methyl sites for hydroxylation is 1. The molecule has 0 aliphatic heterocycles. The molecule has 0 radical (unpaired) electrons. The van der Waals surface area contributed by atoms with Crippen molar-refractivity contribution in [2.45, 2.75) is 51.2 Å². The zero-order chi connectivity index (χ0) is 16.0. The van der Waals surface area contributed by atoms with Crippen LogP contribution < -0.4 is 5.73 Å². The van der Waals surface area contributed by atoms with E-state index in [2.05, 4.69) is 18.0 Å². The van der Waals surface area contributed by atoms with Gasteiger partial charge in [-0.15, -0.1) is 0 Å². The van der Waals surface area contributed by atoms with Crippen LogP contribution in [0.25, 0.3) is 21.8 Å². The SMILES string of the molecule is CCCn1nc2c(N)nc3ccccc3c2c1CC1(O)CCC1. The van der Waals surface area contributed by atoms with Crippen molar-refractivity contribution in [3.63, 3.8) is 0 Å². The van der Waals surface area contributed by atoms with Crippen molar-refractivity contribution in [3.8, 4) is 0 Å². The summed E-state index contributed by atoms with van der Waals surface area (Å²) in [5, 5.41) is 17.5. The third-order valence-corrected chi connectivity index (χ3v) is 4.93. The molecule has 2 heterocycles. The number of aliphatic hydroxyl groups is 1. The molecule has 0 amide bonds. The maximum absolute atomic E-state index is 10.7. The second-order valence-electron chi connectivity index (χ2n) is 6.66. The molecule has 1 aliphatic carbocycles. The molecule has 1 fully saturated rings. The summed E-state index contributed by atoms with van der Waals surface area (Å²) in [6.07, 6.45) is 4.46. The molecule has 0 atom stereocenters. The first-order valence-electron chi connectivity index (χ1n) is 8.37. The molecule has 0 bridgehead atoms. The Labute approximate surface area is 135 Å². The third-order valence-electron chi connectivity index (χ3n) is 4.93. The lowest BCUT2D eigenvalue weighted by Gasteiger charge is -2.36. The van der Waals surface area contributed by atoms with Gasteiger partial charge in [0.25, 0.3) is 0 Å². The molecule has 3 N–H and O–H groups in total. The smallest absolute Gasteiger partial charge is 0.152 e. The quantitative estimate of drug-likeness (QED) is 0.776. The number of fused-ring (bicyclic) bond motifs is 3. The van der Waals surface area contributed by atoms with Gasteiger partial charge in [0.2, 0.25) is 0 Å². The topological polar surface area (TPSA) is 77.0 Å². The van der Waals surface area contributed by atoms with Gasteiger partial charge in [0.15, 0.2) is 5.82 Å². The molecule has 4 rings (SSSR count). The first kappa shape index (κ1) is 14.5.